The van der Waals surface area contributed by atoms with Crippen molar-refractivity contribution in [1.29, 1.82) is 0 Å². The van der Waals surface area contributed by atoms with Crippen LogP contribution in [0.1, 0.15) is 52.8 Å². The van der Waals surface area contributed by atoms with E-state index in [1.165, 1.54) is 30.5 Å². The van der Waals surface area contributed by atoms with Crippen LogP contribution < -0.4 is 26.6 Å². The van der Waals surface area contributed by atoms with Crippen molar-refractivity contribution < 1.29 is 108 Å². The summed E-state index contributed by atoms with van der Waals surface area (Å²) in [6, 6.07) is 17.2. The second-order valence-electron chi connectivity index (χ2n) is 23.1. The van der Waals surface area contributed by atoms with E-state index >= 15 is 0 Å². The molecule has 2 fully saturated rings. The molecule has 100 heavy (non-hydrogen) atoms. The Morgan fingerprint density at radius 1 is 0.560 bits per heavy atom. The number of aromatic nitrogens is 1. The van der Waals surface area contributed by atoms with Gasteiger partial charge in [-0.15, -0.1) is 4.40 Å². The zero-order chi connectivity index (χ0) is 72.3. The smallest absolute Gasteiger partial charge is 0.419 e. The molecule has 2 saturated heterocycles. The fourth-order valence-electron chi connectivity index (χ4n) is 10.6. The van der Waals surface area contributed by atoms with E-state index in [4.69, 9.17) is 28.4 Å². The number of rotatable bonds is 42. The first kappa shape index (κ1) is 80.5. The highest BCUT2D eigenvalue weighted by Gasteiger charge is 2.46. The van der Waals surface area contributed by atoms with Crippen molar-refractivity contribution in [1.82, 2.24) is 50.8 Å². The molecule has 0 saturated carbocycles. The van der Waals surface area contributed by atoms with E-state index in [0.29, 0.717) is 96.2 Å². The van der Waals surface area contributed by atoms with Crippen molar-refractivity contribution in [2.75, 3.05) is 189 Å². The lowest BCUT2D eigenvalue weighted by Gasteiger charge is -2.32. The molecule has 0 radical (unpaired) electrons. The number of anilines is 1. The number of amides is 6. The molecule has 0 spiro atoms. The Morgan fingerprint density at radius 2 is 1.05 bits per heavy atom. The number of hydrogen-bond acceptors (Lipinski definition) is 22. The van der Waals surface area contributed by atoms with Gasteiger partial charge in [-0.05, 0) is 48.2 Å². The normalized spacial score (nSPS) is 15.9. The number of carboxylic acid groups (broad SMARTS) is 3. The van der Waals surface area contributed by atoms with Gasteiger partial charge < -0.3 is 70.3 Å². The van der Waals surface area contributed by atoms with Gasteiger partial charge in [0.1, 0.15) is 11.9 Å². The fraction of sp³-hybridized carbons (Fsp3) is 0.547. The summed E-state index contributed by atoms with van der Waals surface area (Å²) >= 11 is 0. The van der Waals surface area contributed by atoms with Crippen molar-refractivity contribution in [2.45, 2.75) is 44.1 Å². The minimum atomic E-state index is -5.62. The van der Waals surface area contributed by atoms with Crippen LogP contribution in [0.15, 0.2) is 77.3 Å². The van der Waals surface area contributed by atoms with Crippen LogP contribution in [0, 0.1) is 0 Å². The molecule has 0 bridgehead atoms. The molecule has 32 nitrogen and oxygen atoms in total. The van der Waals surface area contributed by atoms with Crippen molar-refractivity contribution in [2.24, 2.45) is 4.40 Å². The second kappa shape index (κ2) is 42.6. The molecular weight excluding hydrogens is 1350 g/mol. The van der Waals surface area contributed by atoms with Crippen molar-refractivity contribution in [3.05, 3.63) is 84.1 Å². The Kier molecular flexibility index (Phi) is 34.3. The van der Waals surface area contributed by atoms with E-state index in [1.807, 2.05) is 23.1 Å². The predicted molar refractivity (Wildman–Crippen MR) is 355 cm³/mol. The molecule has 3 aromatic carbocycles. The van der Waals surface area contributed by atoms with Crippen molar-refractivity contribution >= 4 is 97.0 Å². The Labute approximate surface area is 575 Å². The molecule has 6 amide bonds. The number of unbranched alkanes of at least 4 members (excludes halogenated alkanes) is 1. The van der Waals surface area contributed by atoms with Crippen LogP contribution in [0.4, 0.5) is 18.4 Å². The van der Waals surface area contributed by atoms with E-state index in [1.54, 1.807) is 39.0 Å². The maximum absolute atomic E-state index is 14.2. The minimum absolute atomic E-state index is 0.00842. The number of benzene rings is 3. The number of carboxylic acids is 3. The molecule has 1 atom stereocenters. The summed E-state index contributed by atoms with van der Waals surface area (Å²) in [5.74, 6) is -11.5. The molecule has 0 aliphatic carbocycles. The highest BCUT2D eigenvalue weighted by atomic mass is 32.3. The van der Waals surface area contributed by atoms with Gasteiger partial charge in [-0.2, -0.15) is 8.42 Å². The molecule has 550 valence electrons. The largest absolute Gasteiger partial charge is 0.480 e. The van der Waals surface area contributed by atoms with Gasteiger partial charge in [-0.25, -0.2) is 8.78 Å². The van der Waals surface area contributed by atoms with E-state index in [2.05, 4.69) is 36.0 Å². The molecule has 1 aromatic heterocycles. The third-order valence-electron chi connectivity index (χ3n) is 15.5. The molecule has 2 aliphatic rings. The van der Waals surface area contributed by atoms with Gasteiger partial charge in [0.15, 0.2) is 0 Å². The average Bonchev–Trinajstić information content (AvgIpc) is 1.57. The summed E-state index contributed by atoms with van der Waals surface area (Å²) in [5, 5.41) is 43.5. The summed E-state index contributed by atoms with van der Waals surface area (Å²) < 4.78 is 99.6. The zero-order valence-corrected chi connectivity index (χ0v) is 56.1. The number of hydrogen-bond donors (Lipinski definition) is 8. The Morgan fingerprint density at radius 3 is 1.61 bits per heavy atom. The number of alkyl halides is 2. The minimum Gasteiger partial charge on any atom is -0.480 e. The first-order valence-corrected chi connectivity index (χ1v) is 33.8. The number of carbonyl (C=O) groups excluding carboxylic acids is 6. The van der Waals surface area contributed by atoms with E-state index in [0.717, 1.165) is 5.39 Å². The summed E-state index contributed by atoms with van der Waals surface area (Å²) in [6.07, 6.45) is 0.953. The summed E-state index contributed by atoms with van der Waals surface area (Å²) in [6.45, 7) is 3.22. The second-order valence-corrected chi connectivity index (χ2v) is 24.1. The highest BCUT2D eigenvalue weighted by molar-refractivity contribution is 7.85. The SMILES string of the molecule is O=C(O)CN1CCN(CC(=O)O)CCN(CC(=O)NCCOCCOCCOCCOCCOCCOCCC(=O)NCCCCC(NC(=O)c2cccc3ccccc23)C(=O)Nc2cccc3c(C(=O)NCC(=O)N4CC(F)(F)C/C4=N\S(=O)(=O)F)ccnc23)CCN(CC(=O)O)CC1. The summed E-state index contributed by atoms with van der Waals surface area (Å²) in [5.41, 5.74) is 0.555. The van der Waals surface area contributed by atoms with Gasteiger partial charge in [-0.1, -0.05) is 52.4 Å². The Hall–Kier alpha value is -8.43. The molecule has 36 heteroatoms. The first-order chi connectivity index (χ1) is 47.9. The van der Waals surface area contributed by atoms with Crippen LogP contribution in [0.2, 0.25) is 0 Å². The number of fused-ring (bicyclic) bond motifs is 2. The number of pyridine rings is 1. The van der Waals surface area contributed by atoms with Gasteiger partial charge >= 0.3 is 28.3 Å². The van der Waals surface area contributed by atoms with Gasteiger partial charge in [0.25, 0.3) is 17.7 Å². The molecule has 4 aromatic rings. The van der Waals surface area contributed by atoms with E-state index in [-0.39, 0.29) is 150 Å². The number of likely N-dealkylation sites (tertiary alicyclic amines) is 1. The zero-order valence-electron chi connectivity index (χ0n) is 55.3. The highest BCUT2D eigenvalue weighted by Crippen LogP contribution is 2.30. The monoisotopic (exact) mass is 1430 g/mol. The molecule has 3 heterocycles. The third kappa shape index (κ3) is 30.2. The van der Waals surface area contributed by atoms with Crippen molar-refractivity contribution in [3.8, 4) is 0 Å². The summed E-state index contributed by atoms with van der Waals surface area (Å²) in [7, 11) is -5.62. The number of carbonyl (C=O) groups is 9. The van der Waals surface area contributed by atoms with E-state index in [9.17, 15) is 79.6 Å². The predicted octanol–water partition coefficient (Wildman–Crippen LogP) is 0.703. The van der Waals surface area contributed by atoms with Gasteiger partial charge in [0.2, 0.25) is 23.6 Å². The lowest BCUT2D eigenvalue weighted by molar-refractivity contribution is -0.140. The van der Waals surface area contributed by atoms with Gasteiger partial charge in [-0.3, -0.25) is 72.6 Å². The number of aliphatic carboxylic acids is 3. The van der Waals surface area contributed by atoms with Crippen LogP contribution >= 0.6 is 0 Å². The molecule has 6 rings (SSSR count). The fourth-order valence-corrected chi connectivity index (χ4v) is 11.0. The quantitative estimate of drug-likeness (QED) is 0.0224. The maximum Gasteiger partial charge on any atom is 0.419 e. The number of amidine groups is 1. The average molecular weight is 1430 g/mol. The van der Waals surface area contributed by atoms with Crippen molar-refractivity contribution in [3.63, 3.8) is 0 Å². The lowest BCUT2D eigenvalue weighted by Crippen LogP contribution is -2.50. The first-order valence-electron chi connectivity index (χ1n) is 32.4. The molecular formula is C64H87F3N12O20S. The van der Waals surface area contributed by atoms with Gasteiger partial charge in [0, 0.05) is 89.0 Å². The Balaban J connectivity index is 0.798. The standard InChI is InChI=1S/C64H87F3N12O20S/c65-64(66)39-53(74-100(67,92)93)79(45-64)56(82)40-71-61(89)50-14-17-70-60-48(50)10-6-13-51(60)72-63(91)52(73-62(90)49-11-5-8-46-7-1-2-9-47(46)49)12-3-4-16-68-54(80)15-27-94-29-31-96-33-35-98-37-38-99-36-34-97-32-30-95-28-18-69-55(81)41-75-19-21-76(42-57(83)84)23-25-78(44-59(87)88)26-24-77(22-20-75)43-58(85)86/h1-2,5-11,13-14,17,52H,3-4,12,15-16,18-45H2,(H,68,80)(H,69,81)(H,71,89)(H,72,91)(H,73,90)(H,83,84)(H,85,86)(H,87,88)/b74-53+. The number of nitrogens with one attached hydrogen (secondary N) is 5. The Bertz CT molecular complexity index is 3490. The number of halogens is 3. The van der Waals surface area contributed by atoms with Crippen LogP contribution in [0.25, 0.3) is 21.7 Å². The van der Waals surface area contributed by atoms with Crippen LogP contribution in [0.5, 0.6) is 0 Å². The van der Waals surface area contributed by atoms with Crippen LogP contribution in [-0.4, -0.2) is 308 Å². The summed E-state index contributed by atoms with van der Waals surface area (Å²) in [4.78, 5) is 126. The lowest BCUT2D eigenvalue weighted by atomic mass is 10.0. The molecule has 8 N–H and O–H groups in total. The molecule has 2 aliphatic heterocycles. The number of para-hydroxylation sites is 1. The third-order valence-corrected chi connectivity index (χ3v) is 15.9. The van der Waals surface area contributed by atoms with Crippen LogP contribution in [-0.2, 0) is 72.4 Å². The topological polar surface area (TPSA) is 405 Å². The number of nitrogens with zero attached hydrogens (tertiary/aromatic N) is 7. The van der Waals surface area contributed by atoms with Crippen LogP contribution in [0.3, 0.4) is 0 Å². The maximum atomic E-state index is 14.2. The van der Waals surface area contributed by atoms with E-state index < -0.39 is 89.3 Å². The number of ether oxygens (including phenoxy) is 6. The van der Waals surface area contributed by atoms with Gasteiger partial charge in [0.05, 0.1) is 142 Å². The molecule has 1 unspecified atom stereocenters.